The third kappa shape index (κ3) is 4.49. The van der Waals surface area contributed by atoms with Crippen LogP contribution in [0.1, 0.15) is 22.3 Å². The lowest BCUT2D eigenvalue weighted by Gasteiger charge is -2.09. The third-order valence-electron chi connectivity index (χ3n) is 4.12. The zero-order chi connectivity index (χ0) is 19.2. The molecule has 0 radical (unpaired) electrons. The molecule has 0 unspecified atom stereocenters. The third-order valence-corrected chi connectivity index (χ3v) is 4.12. The normalized spacial score (nSPS) is 11.8. The number of fused-ring (bicyclic) bond motifs is 1. The van der Waals surface area contributed by atoms with Gasteiger partial charge in [0.25, 0.3) is 0 Å². The number of carbonyl (C=O) groups excluding carboxylic acids is 2. The predicted molar refractivity (Wildman–Crippen MR) is 95.7 cm³/mol. The maximum atomic E-state index is 12.2. The summed E-state index contributed by atoms with van der Waals surface area (Å²) in [6.07, 6.45) is 0.652. The number of aryl methyl sites for hydroxylation is 1. The van der Waals surface area contributed by atoms with Crippen molar-refractivity contribution in [2.45, 2.75) is 12.8 Å². The molecule has 2 aromatic carbocycles. The molecular formula is C20H20O7. The van der Waals surface area contributed by atoms with Crippen molar-refractivity contribution in [2.24, 2.45) is 0 Å². The van der Waals surface area contributed by atoms with Gasteiger partial charge in [0.2, 0.25) is 6.79 Å². The molecule has 0 bridgehead atoms. The Labute approximate surface area is 156 Å². The van der Waals surface area contributed by atoms with Crippen LogP contribution in [0.15, 0.2) is 36.4 Å². The second kappa shape index (κ2) is 8.44. The molecule has 7 nitrogen and oxygen atoms in total. The van der Waals surface area contributed by atoms with Gasteiger partial charge in [-0.1, -0.05) is 6.07 Å². The summed E-state index contributed by atoms with van der Waals surface area (Å²) in [7, 11) is 3.00. The fourth-order valence-corrected chi connectivity index (χ4v) is 2.65. The fourth-order valence-electron chi connectivity index (χ4n) is 2.65. The average molecular weight is 372 g/mol. The number of ether oxygens (including phenoxy) is 5. The quantitative estimate of drug-likeness (QED) is 0.521. The number of Topliss-reactive ketones (excluding diaryl/α,β-unsaturated/α-hetero) is 1. The first kappa shape index (κ1) is 18.6. The van der Waals surface area contributed by atoms with Crippen LogP contribution in [-0.4, -0.2) is 39.4 Å². The van der Waals surface area contributed by atoms with Crippen LogP contribution >= 0.6 is 0 Å². The van der Waals surface area contributed by atoms with Crippen molar-refractivity contribution >= 4 is 11.8 Å². The summed E-state index contributed by atoms with van der Waals surface area (Å²) in [6, 6.07) is 10.3. The van der Waals surface area contributed by atoms with Crippen LogP contribution in [0.2, 0.25) is 0 Å². The molecule has 1 aliphatic rings. The minimum atomic E-state index is -0.443. The van der Waals surface area contributed by atoms with E-state index in [0.717, 1.165) is 5.56 Å². The van der Waals surface area contributed by atoms with Crippen LogP contribution in [0.4, 0.5) is 0 Å². The summed E-state index contributed by atoms with van der Waals surface area (Å²) in [6.45, 7) is -0.117. The van der Waals surface area contributed by atoms with E-state index in [1.54, 1.807) is 18.2 Å². The minimum Gasteiger partial charge on any atom is -0.493 e. The van der Waals surface area contributed by atoms with Crippen molar-refractivity contribution in [2.75, 3.05) is 27.6 Å². The lowest BCUT2D eigenvalue weighted by Crippen LogP contribution is -2.14. The molecular weight excluding hydrogens is 352 g/mol. The number of hydrogen-bond donors (Lipinski definition) is 0. The molecule has 3 rings (SSSR count). The molecule has 0 atom stereocenters. The number of rotatable bonds is 8. The summed E-state index contributed by atoms with van der Waals surface area (Å²) in [4.78, 5) is 24.1. The van der Waals surface area contributed by atoms with Gasteiger partial charge in [-0.2, -0.15) is 0 Å². The Balaban J connectivity index is 1.49. The van der Waals surface area contributed by atoms with Gasteiger partial charge in [-0.15, -0.1) is 0 Å². The number of methoxy groups -OCH3 is 2. The lowest BCUT2D eigenvalue weighted by molar-refractivity contribution is -0.142. The van der Waals surface area contributed by atoms with Crippen molar-refractivity contribution in [1.29, 1.82) is 0 Å². The molecule has 0 aliphatic carbocycles. The van der Waals surface area contributed by atoms with Crippen molar-refractivity contribution in [3.63, 3.8) is 0 Å². The number of carbonyl (C=O) groups is 2. The highest BCUT2D eigenvalue weighted by molar-refractivity contribution is 5.98. The Bertz CT molecular complexity index is 844. The van der Waals surface area contributed by atoms with Gasteiger partial charge in [0.05, 0.1) is 14.2 Å². The Morgan fingerprint density at radius 3 is 2.52 bits per heavy atom. The predicted octanol–water partition coefficient (Wildman–Crippen LogP) is 2.79. The molecule has 2 aromatic rings. The summed E-state index contributed by atoms with van der Waals surface area (Å²) >= 11 is 0. The number of ketones is 1. The summed E-state index contributed by atoms with van der Waals surface area (Å²) in [5.41, 5.74) is 1.32. The number of esters is 1. The fraction of sp³-hybridized carbons (Fsp3) is 0.300. The molecule has 142 valence electrons. The molecule has 0 N–H and O–H groups in total. The first-order valence-corrected chi connectivity index (χ1v) is 8.40. The van der Waals surface area contributed by atoms with E-state index < -0.39 is 5.97 Å². The molecule has 1 aliphatic heterocycles. The van der Waals surface area contributed by atoms with Crippen molar-refractivity contribution in [3.8, 4) is 23.0 Å². The van der Waals surface area contributed by atoms with Crippen LogP contribution in [-0.2, 0) is 16.0 Å². The molecule has 0 aromatic heterocycles. The van der Waals surface area contributed by atoms with Crippen LogP contribution in [0, 0.1) is 0 Å². The molecule has 0 spiro atoms. The molecule has 1 heterocycles. The van der Waals surface area contributed by atoms with Crippen molar-refractivity contribution in [1.82, 2.24) is 0 Å². The Hall–Kier alpha value is -3.22. The Morgan fingerprint density at radius 1 is 0.963 bits per heavy atom. The summed E-state index contributed by atoms with van der Waals surface area (Å²) < 4.78 is 25.9. The zero-order valence-corrected chi connectivity index (χ0v) is 15.2. The van der Waals surface area contributed by atoms with Gasteiger partial charge in [-0.25, -0.2) is 0 Å². The topological polar surface area (TPSA) is 80.3 Å². The number of hydrogen-bond acceptors (Lipinski definition) is 7. The molecule has 7 heteroatoms. The molecule has 0 saturated heterocycles. The maximum absolute atomic E-state index is 12.2. The summed E-state index contributed by atoms with van der Waals surface area (Å²) in [5.74, 6) is 1.58. The van der Waals surface area contributed by atoms with Crippen molar-refractivity contribution < 1.29 is 33.3 Å². The zero-order valence-electron chi connectivity index (χ0n) is 15.2. The van der Waals surface area contributed by atoms with E-state index in [0.29, 0.717) is 35.0 Å². The Morgan fingerprint density at radius 2 is 1.74 bits per heavy atom. The maximum Gasteiger partial charge on any atom is 0.306 e. The van der Waals surface area contributed by atoms with Gasteiger partial charge in [0, 0.05) is 12.0 Å². The smallest absolute Gasteiger partial charge is 0.306 e. The van der Waals surface area contributed by atoms with Gasteiger partial charge in [-0.3, -0.25) is 9.59 Å². The van der Waals surface area contributed by atoms with Crippen LogP contribution in [0.5, 0.6) is 23.0 Å². The molecule has 0 fully saturated rings. The highest BCUT2D eigenvalue weighted by atomic mass is 16.7. The largest absolute Gasteiger partial charge is 0.493 e. The van der Waals surface area contributed by atoms with Gasteiger partial charge in [0.1, 0.15) is 0 Å². The highest BCUT2D eigenvalue weighted by Gasteiger charge is 2.15. The van der Waals surface area contributed by atoms with E-state index in [1.807, 2.05) is 18.2 Å². The molecule has 0 saturated carbocycles. The first-order chi connectivity index (χ1) is 13.1. The van der Waals surface area contributed by atoms with E-state index >= 15 is 0 Å². The lowest BCUT2D eigenvalue weighted by atomic mass is 10.1. The van der Waals surface area contributed by atoms with Crippen LogP contribution in [0.3, 0.4) is 0 Å². The average Bonchev–Trinajstić information content (AvgIpc) is 3.17. The Kier molecular flexibility index (Phi) is 5.80. The van der Waals surface area contributed by atoms with E-state index in [9.17, 15) is 9.59 Å². The van der Waals surface area contributed by atoms with E-state index in [-0.39, 0.29) is 25.6 Å². The van der Waals surface area contributed by atoms with Crippen LogP contribution in [0.25, 0.3) is 0 Å². The molecule has 0 amide bonds. The van der Waals surface area contributed by atoms with Gasteiger partial charge >= 0.3 is 5.97 Å². The van der Waals surface area contributed by atoms with Gasteiger partial charge in [-0.05, 0) is 42.3 Å². The van der Waals surface area contributed by atoms with Gasteiger partial charge < -0.3 is 23.7 Å². The SMILES string of the molecule is COc1ccc(C(=O)COC(=O)CCc2ccc3c(c2)OCO3)cc1OC. The minimum absolute atomic E-state index is 0.166. The van der Waals surface area contributed by atoms with Crippen LogP contribution < -0.4 is 18.9 Å². The van der Waals surface area contributed by atoms with Crippen molar-refractivity contribution in [3.05, 3.63) is 47.5 Å². The first-order valence-electron chi connectivity index (χ1n) is 8.40. The highest BCUT2D eigenvalue weighted by Crippen LogP contribution is 2.32. The van der Waals surface area contributed by atoms with E-state index in [1.165, 1.54) is 14.2 Å². The van der Waals surface area contributed by atoms with E-state index in [4.69, 9.17) is 23.7 Å². The molecule has 27 heavy (non-hydrogen) atoms. The second-order valence-corrected chi connectivity index (χ2v) is 5.84. The monoisotopic (exact) mass is 372 g/mol. The second-order valence-electron chi connectivity index (χ2n) is 5.84. The summed E-state index contributed by atoms with van der Waals surface area (Å²) in [5, 5.41) is 0. The standard InChI is InChI=1S/C20H20O7/c1-23-16-7-5-14(10-18(16)24-2)15(21)11-25-20(22)8-4-13-3-6-17-19(9-13)27-12-26-17/h3,5-7,9-10H,4,8,11-12H2,1-2H3. The van der Waals surface area contributed by atoms with Gasteiger partial charge in [0.15, 0.2) is 35.4 Å². The number of benzene rings is 2. The van der Waals surface area contributed by atoms with E-state index in [2.05, 4.69) is 0 Å².